The number of anilines is 4. The number of rotatable bonds is 5. The zero-order valence-electron chi connectivity index (χ0n) is 20.5. The lowest BCUT2D eigenvalue weighted by atomic mass is 9.95. The Morgan fingerprint density at radius 1 is 0.806 bits per heavy atom. The van der Waals surface area contributed by atoms with Crippen LogP contribution in [-0.4, -0.2) is 4.57 Å². The number of allylic oxidation sites excluding steroid dienone is 2. The Hall–Kier alpha value is -4.50. The van der Waals surface area contributed by atoms with Crippen LogP contribution in [0.1, 0.15) is 23.2 Å². The van der Waals surface area contributed by atoms with Crippen molar-refractivity contribution in [3.8, 4) is 5.69 Å². The smallest absolute Gasteiger partial charge is 0.0539 e. The van der Waals surface area contributed by atoms with Crippen LogP contribution < -0.4 is 10.6 Å². The van der Waals surface area contributed by atoms with Crippen LogP contribution >= 0.6 is 0 Å². The van der Waals surface area contributed by atoms with Crippen LogP contribution in [0.5, 0.6) is 0 Å². The average molecular weight is 468 g/mol. The molecule has 5 aromatic rings. The Morgan fingerprint density at radius 3 is 2.31 bits per heavy atom. The molecule has 0 atom stereocenters. The normalized spacial score (nSPS) is 12.8. The van der Waals surface area contributed by atoms with Crippen LogP contribution in [0.3, 0.4) is 0 Å². The van der Waals surface area contributed by atoms with Crippen molar-refractivity contribution >= 4 is 39.7 Å². The van der Waals surface area contributed by atoms with E-state index >= 15 is 0 Å². The standard InChI is InChI=1S/C33H29N3/c1-3-24-12-18-32-30(21-24)31-22-29(17-19-33(31)36(32)26-9-5-4-6-10-26)35(27-15-13-25(34)14-16-27)28-11-7-8-23(2)20-28/h3-11,13-17,19-22H,1,12,18,34H2,2H3. The number of nitrogens with zero attached hydrogens (tertiary/aromatic N) is 2. The van der Waals surface area contributed by atoms with Gasteiger partial charge in [-0.3, -0.25) is 0 Å². The zero-order chi connectivity index (χ0) is 24.6. The number of benzene rings is 4. The van der Waals surface area contributed by atoms with Crippen molar-refractivity contribution in [1.82, 2.24) is 4.57 Å². The molecule has 36 heavy (non-hydrogen) atoms. The van der Waals surface area contributed by atoms with E-state index in [1.54, 1.807) is 0 Å². The zero-order valence-corrected chi connectivity index (χ0v) is 20.5. The molecule has 4 aromatic carbocycles. The molecule has 1 heterocycles. The molecular weight excluding hydrogens is 438 g/mol. The summed E-state index contributed by atoms with van der Waals surface area (Å²) in [6, 6.07) is 34.2. The first-order valence-electron chi connectivity index (χ1n) is 12.4. The van der Waals surface area contributed by atoms with E-state index in [1.807, 2.05) is 18.2 Å². The predicted molar refractivity (Wildman–Crippen MR) is 154 cm³/mol. The van der Waals surface area contributed by atoms with Crippen LogP contribution in [0, 0.1) is 6.92 Å². The van der Waals surface area contributed by atoms with Crippen LogP contribution in [0.2, 0.25) is 0 Å². The molecule has 0 amide bonds. The van der Waals surface area contributed by atoms with Crippen molar-refractivity contribution in [2.24, 2.45) is 0 Å². The fourth-order valence-electron chi connectivity index (χ4n) is 5.29. The lowest BCUT2D eigenvalue weighted by Crippen LogP contribution is -2.10. The Bertz CT molecular complexity index is 1600. The number of nitrogens with two attached hydrogens (primary N) is 1. The third kappa shape index (κ3) is 3.79. The van der Waals surface area contributed by atoms with Gasteiger partial charge in [0.15, 0.2) is 0 Å². The van der Waals surface area contributed by atoms with Crippen molar-refractivity contribution in [1.29, 1.82) is 0 Å². The van der Waals surface area contributed by atoms with E-state index in [-0.39, 0.29) is 0 Å². The molecule has 176 valence electrons. The second-order valence-corrected chi connectivity index (χ2v) is 9.42. The van der Waals surface area contributed by atoms with Crippen LogP contribution in [-0.2, 0) is 6.42 Å². The third-order valence-corrected chi connectivity index (χ3v) is 7.02. The van der Waals surface area contributed by atoms with Crippen molar-refractivity contribution in [2.75, 3.05) is 10.6 Å². The minimum atomic E-state index is 0.759. The highest BCUT2D eigenvalue weighted by molar-refractivity contribution is 5.97. The summed E-state index contributed by atoms with van der Waals surface area (Å²) in [5.74, 6) is 0. The number of aryl methyl sites for hydroxylation is 1. The number of fused-ring (bicyclic) bond motifs is 3. The molecule has 0 saturated carbocycles. The highest BCUT2D eigenvalue weighted by atomic mass is 15.1. The Labute approximate surface area is 212 Å². The first-order valence-corrected chi connectivity index (χ1v) is 12.4. The topological polar surface area (TPSA) is 34.2 Å². The van der Waals surface area contributed by atoms with Gasteiger partial charge in [0, 0.05) is 45.1 Å². The Balaban J connectivity index is 1.61. The molecule has 6 rings (SSSR count). The van der Waals surface area contributed by atoms with Gasteiger partial charge in [0.2, 0.25) is 0 Å². The number of aromatic nitrogens is 1. The molecule has 0 bridgehead atoms. The van der Waals surface area contributed by atoms with Crippen LogP contribution in [0.4, 0.5) is 22.7 Å². The Kier molecular flexibility index (Phi) is 5.46. The SMILES string of the molecule is C=CC1=Cc2c(n(-c3ccccc3)c3ccc(N(c4ccc(N)cc4)c4cccc(C)c4)cc23)CC1. The summed E-state index contributed by atoms with van der Waals surface area (Å²) in [5, 5.41) is 1.25. The van der Waals surface area contributed by atoms with Gasteiger partial charge >= 0.3 is 0 Å². The fraction of sp³-hybridized carbons (Fsp3) is 0.0909. The van der Waals surface area contributed by atoms with Gasteiger partial charge in [-0.15, -0.1) is 0 Å². The summed E-state index contributed by atoms with van der Waals surface area (Å²) in [4.78, 5) is 2.30. The predicted octanol–water partition coefficient (Wildman–Crippen LogP) is 8.51. The van der Waals surface area contributed by atoms with Crippen molar-refractivity contribution in [3.63, 3.8) is 0 Å². The van der Waals surface area contributed by atoms with Gasteiger partial charge in [0.25, 0.3) is 0 Å². The van der Waals surface area contributed by atoms with E-state index in [9.17, 15) is 0 Å². The lowest BCUT2D eigenvalue weighted by Gasteiger charge is -2.26. The van der Waals surface area contributed by atoms with E-state index in [2.05, 4.69) is 114 Å². The minimum absolute atomic E-state index is 0.759. The van der Waals surface area contributed by atoms with Gasteiger partial charge in [-0.1, -0.05) is 43.0 Å². The van der Waals surface area contributed by atoms with Crippen LogP contribution in [0.15, 0.2) is 115 Å². The van der Waals surface area contributed by atoms with Crippen LogP contribution in [0.25, 0.3) is 22.7 Å². The third-order valence-electron chi connectivity index (χ3n) is 7.02. The summed E-state index contributed by atoms with van der Waals surface area (Å²) in [6.07, 6.45) is 6.31. The maximum atomic E-state index is 6.03. The molecule has 0 radical (unpaired) electrons. The van der Waals surface area contributed by atoms with E-state index in [0.29, 0.717) is 0 Å². The maximum Gasteiger partial charge on any atom is 0.0539 e. The summed E-state index contributed by atoms with van der Waals surface area (Å²) in [7, 11) is 0. The lowest BCUT2D eigenvalue weighted by molar-refractivity contribution is 0.869. The summed E-state index contributed by atoms with van der Waals surface area (Å²) < 4.78 is 2.42. The first-order chi connectivity index (χ1) is 17.6. The molecule has 3 nitrogen and oxygen atoms in total. The number of para-hydroxylation sites is 1. The molecule has 0 aliphatic heterocycles. The van der Waals surface area contributed by atoms with E-state index in [0.717, 1.165) is 35.6 Å². The maximum absolute atomic E-state index is 6.03. The monoisotopic (exact) mass is 467 g/mol. The summed E-state index contributed by atoms with van der Waals surface area (Å²) >= 11 is 0. The van der Waals surface area contributed by atoms with Gasteiger partial charge in [0.05, 0.1) is 5.52 Å². The van der Waals surface area contributed by atoms with E-state index in [4.69, 9.17) is 5.73 Å². The van der Waals surface area contributed by atoms with E-state index < -0.39 is 0 Å². The molecule has 1 aliphatic carbocycles. The Morgan fingerprint density at radius 2 is 1.56 bits per heavy atom. The molecule has 0 fully saturated rings. The fourth-order valence-corrected chi connectivity index (χ4v) is 5.29. The largest absolute Gasteiger partial charge is 0.399 e. The van der Waals surface area contributed by atoms with Gasteiger partial charge in [0.1, 0.15) is 0 Å². The van der Waals surface area contributed by atoms with Crippen molar-refractivity contribution < 1.29 is 0 Å². The van der Waals surface area contributed by atoms with Crippen molar-refractivity contribution in [3.05, 3.63) is 132 Å². The highest BCUT2D eigenvalue weighted by Gasteiger charge is 2.22. The second kappa shape index (κ2) is 8.94. The van der Waals surface area contributed by atoms with Crippen molar-refractivity contribution in [2.45, 2.75) is 19.8 Å². The molecule has 0 saturated heterocycles. The first kappa shape index (κ1) is 22.0. The molecular formula is C33H29N3. The highest BCUT2D eigenvalue weighted by Crippen LogP contribution is 2.41. The summed E-state index contributed by atoms with van der Waals surface area (Å²) in [5.41, 5.74) is 17.7. The van der Waals surface area contributed by atoms with E-state index in [1.165, 1.54) is 39.0 Å². The average Bonchev–Trinajstić information content (AvgIpc) is 3.23. The number of nitrogen functional groups attached to an aromatic ring is 1. The number of hydrogen-bond donors (Lipinski definition) is 1. The number of hydrogen-bond acceptors (Lipinski definition) is 2. The molecule has 1 aromatic heterocycles. The van der Waals surface area contributed by atoms with Gasteiger partial charge < -0.3 is 15.2 Å². The molecule has 1 aliphatic rings. The minimum Gasteiger partial charge on any atom is -0.399 e. The summed E-state index contributed by atoms with van der Waals surface area (Å²) in [6.45, 7) is 6.18. The van der Waals surface area contributed by atoms with Gasteiger partial charge in [-0.25, -0.2) is 0 Å². The van der Waals surface area contributed by atoms with Gasteiger partial charge in [-0.2, -0.15) is 0 Å². The quantitative estimate of drug-likeness (QED) is 0.263. The molecule has 2 N–H and O–H groups in total. The second-order valence-electron chi connectivity index (χ2n) is 9.42. The van der Waals surface area contributed by atoms with Gasteiger partial charge in [-0.05, 0) is 104 Å². The molecule has 0 spiro atoms. The molecule has 0 unspecified atom stereocenters. The molecule has 3 heteroatoms.